The van der Waals surface area contributed by atoms with Crippen molar-refractivity contribution < 1.29 is 9.18 Å². The van der Waals surface area contributed by atoms with Gasteiger partial charge in [0.2, 0.25) is 5.43 Å². The second kappa shape index (κ2) is 6.16. The molecule has 4 nitrogen and oxygen atoms in total. The molecule has 2 aromatic rings. The maximum atomic E-state index is 14.1. The topological polar surface area (TPSA) is 51.1 Å². The summed E-state index contributed by atoms with van der Waals surface area (Å²) in [6, 6.07) is 2.97. The Morgan fingerprint density at radius 2 is 1.97 bits per heavy atom. The molecule has 154 valence electrons. The zero-order chi connectivity index (χ0) is 20.6. The summed E-state index contributed by atoms with van der Waals surface area (Å²) in [5.41, 5.74) is 1.74. The van der Waals surface area contributed by atoms with Crippen molar-refractivity contribution in [3.8, 4) is 0 Å². The Labute approximate surface area is 170 Å². The molecule has 1 aromatic carbocycles. The first-order valence-electron chi connectivity index (χ1n) is 10.9. The van der Waals surface area contributed by atoms with E-state index in [1.807, 2.05) is 4.57 Å². The number of hydrogen-bond donors (Lipinski definition) is 1. The standard InChI is InChI=1S/C24H29FN2O2/c1-14-4-5-15-10-17(25)11-18-20(15)27(14)12-19(21(18)28)22(29)26-13-24-8-6-16(7-9-24)23(24,2)3/h10-12,14,16H,4-9,13H2,1-3H3,(H,26,29). The lowest BCUT2D eigenvalue weighted by Gasteiger charge is -2.38. The van der Waals surface area contributed by atoms with Crippen molar-refractivity contribution in [1.82, 2.24) is 9.88 Å². The smallest absolute Gasteiger partial charge is 0.256 e. The van der Waals surface area contributed by atoms with Crippen LogP contribution in [0.15, 0.2) is 23.1 Å². The Bertz CT molecular complexity index is 1080. The molecule has 1 N–H and O–H groups in total. The Kier molecular flexibility index (Phi) is 4.00. The van der Waals surface area contributed by atoms with Gasteiger partial charge in [0.05, 0.1) is 5.52 Å². The lowest BCUT2D eigenvalue weighted by molar-refractivity contribution is 0.0859. The molecule has 2 aliphatic carbocycles. The number of nitrogens with zero attached hydrogens (tertiary/aromatic N) is 1. The van der Waals surface area contributed by atoms with Crippen LogP contribution in [0.4, 0.5) is 4.39 Å². The van der Waals surface area contributed by atoms with Gasteiger partial charge in [-0.3, -0.25) is 9.59 Å². The van der Waals surface area contributed by atoms with E-state index in [0.29, 0.717) is 11.9 Å². The van der Waals surface area contributed by atoms with E-state index in [2.05, 4.69) is 26.1 Å². The van der Waals surface area contributed by atoms with E-state index in [4.69, 9.17) is 0 Å². The molecule has 2 heterocycles. The molecule has 1 aliphatic heterocycles. The maximum Gasteiger partial charge on any atom is 0.256 e. The zero-order valence-corrected chi connectivity index (χ0v) is 17.5. The Morgan fingerprint density at radius 1 is 1.24 bits per heavy atom. The van der Waals surface area contributed by atoms with Gasteiger partial charge in [-0.2, -0.15) is 0 Å². The Balaban J connectivity index is 1.52. The largest absolute Gasteiger partial charge is 0.351 e. The number of aromatic nitrogens is 1. The maximum absolute atomic E-state index is 14.1. The SMILES string of the molecule is CC1CCc2cc(F)cc3c(=O)c(C(=O)NCC45CCC(CC4)C5(C)C)cn1c23. The molecule has 1 atom stereocenters. The highest BCUT2D eigenvalue weighted by molar-refractivity contribution is 5.98. The summed E-state index contributed by atoms with van der Waals surface area (Å²) >= 11 is 0. The second-order valence-electron chi connectivity index (χ2n) is 10.1. The minimum atomic E-state index is -0.410. The van der Waals surface area contributed by atoms with Gasteiger partial charge >= 0.3 is 0 Å². The van der Waals surface area contributed by atoms with Gasteiger partial charge in [0, 0.05) is 24.2 Å². The summed E-state index contributed by atoms with van der Waals surface area (Å²) in [6.07, 6.45) is 8.04. The van der Waals surface area contributed by atoms with Crippen LogP contribution in [-0.4, -0.2) is 17.0 Å². The molecule has 1 amide bonds. The average molecular weight is 397 g/mol. The fourth-order valence-electron chi connectivity index (χ4n) is 6.46. The van der Waals surface area contributed by atoms with Crippen molar-refractivity contribution in [3.05, 3.63) is 45.5 Å². The van der Waals surface area contributed by atoms with Gasteiger partial charge in [-0.1, -0.05) is 13.8 Å². The van der Waals surface area contributed by atoms with Gasteiger partial charge < -0.3 is 9.88 Å². The third-order valence-electron chi connectivity index (χ3n) is 8.64. The lowest BCUT2D eigenvalue weighted by atomic mass is 9.69. The van der Waals surface area contributed by atoms with Crippen molar-refractivity contribution in [2.75, 3.05) is 6.54 Å². The van der Waals surface area contributed by atoms with E-state index in [1.165, 1.54) is 25.0 Å². The van der Waals surface area contributed by atoms with Gasteiger partial charge in [0.15, 0.2) is 0 Å². The molecule has 2 saturated carbocycles. The molecule has 3 aliphatic rings. The Morgan fingerprint density at radius 3 is 2.62 bits per heavy atom. The summed E-state index contributed by atoms with van der Waals surface area (Å²) in [6.45, 7) is 7.34. The predicted octanol–water partition coefficient (Wildman–Crippen LogP) is 4.59. The summed E-state index contributed by atoms with van der Waals surface area (Å²) in [7, 11) is 0. The van der Waals surface area contributed by atoms with Crippen molar-refractivity contribution in [3.63, 3.8) is 0 Å². The number of nitrogens with one attached hydrogen (secondary N) is 1. The minimum Gasteiger partial charge on any atom is -0.351 e. The van der Waals surface area contributed by atoms with E-state index in [0.717, 1.165) is 42.7 Å². The van der Waals surface area contributed by atoms with Crippen LogP contribution in [0.5, 0.6) is 0 Å². The van der Waals surface area contributed by atoms with Crippen LogP contribution in [0.3, 0.4) is 0 Å². The summed E-state index contributed by atoms with van der Waals surface area (Å²) in [5.74, 6) is -0.00554. The van der Waals surface area contributed by atoms with E-state index in [-0.39, 0.29) is 33.8 Å². The van der Waals surface area contributed by atoms with Crippen LogP contribution in [-0.2, 0) is 6.42 Å². The quantitative estimate of drug-likeness (QED) is 0.825. The van der Waals surface area contributed by atoms with Crippen LogP contribution < -0.4 is 10.7 Å². The number of carbonyl (C=O) groups excluding carboxylic acids is 1. The van der Waals surface area contributed by atoms with Crippen molar-refractivity contribution in [2.24, 2.45) is 16.7 Å². The molecule has 1 aromatic heterocycles. The molecule has 5 rings (SSSR count). The van der Waals surface area contributed by atoms with E-state index < -0.39 is 5.82 Å². The molecule has 1 unspecified atom stereocenters. The summed E-state index contributed by atoms with van der Waals surface area (Å²) in [5, 5.41) is 3.41. The van der Waals surface area contributed by atoms with Crippen LogP contribution in [0.1, 0.15) is 74.8 Å². The lowest BCUT2D eigenvalue weighted by Crippen LogP contribution is -2.43. The van der Waals surface area contributed by atoms with Gasteiger partial charge in [-0.15, -0.1) is 0 Å². The number of halogens is 1. The second-order valence-corrected chi connectivity index (χ2v) is 10.1. The van der Waals surface area contributed by atoms with Crippen molar-refractivity contribution >= 4 is 16.8 Å². The molecule has 5 heteroatoms. The molecule has 2 bridgehead atoms. The number of benzene rings is 1. The molecular weight excluding hydrogens is 367 g/mol. The highest BCUT2D eigenvalue weighted by Gasteiger charge is 2.58. The molecule has 0 radical (unpaired) electrons. The first-order chi connectivity index (χ1) is 13.7. The van der Waals surface area contributed by atoms with Crippen LogP contribution in [0.2, 0.25) is 0 Å². The third-order valence-corrected chi connectivity index (χ3v) is 8.64. The van der Waals surface area contributed by atoms with Gasteiger partial charge in [0.1, 0.15) is 11.4 Å². The van der Waals surface area contributed by atoms with Crippen LogP contribution >= 0.6 is 0 Å². The van der Waals surface area contributed by atoms with Gasteiger partial charge in [-0.05, 0) is 79.9 Å². The fraction of sp³-hybridized carbons (Fsp3) is 0.583. The van der Waals surface area contributed by atoms with Crippen LogP contribution in [0.25, 0.3) is 10.9 Å². The Hall–Kier alpha value is -2.17. The number of aryl methyl sites for hydroxylation is 1. The molecular formula is C24H29FN2O2. The molecule has 0 saturated heterocycles. The first kappa shape index (κ1) is 18.8. The fourth-order valence-corrected chi connectivity index (χ4v) is 6.46. The van der Waals surface area contributed by atoms with Crippen molar-refractivity contribution in [1.29, 1.82) is 0 Å². The van der Waals surface area contributed by atoms with Gasteiger partial charge in [0.25, 0.3) is 5.91 Å². The minimum absolute atomic E-state index is 0.126. The highest BCUT2D eigenvalue weighted by Crippen LogP contribution is 2.65. The average Bonchev–Trinajstić information content (AvgIpc) is 3.08. The normalized spacial score (nSPS) is 29.4. The number of fused-ring (bicyclic) bond motifs is 2. The first-order valence-corrected chi connectivity index (χ1v) is 10.9. The molecule has 29 heavy (non-hydrogen) atoms. The number of carbonyl (C=O) groups is 1. The van der Waals surface area contributed by atoms with Crippen molar-refractivity contribution in [2.45, 2.75) is 65.3 Å². The number of hydrogen-bond acceptors (Lipinski definition) is 2. The molecule has 0 spiro atoms. The van der Waals surface area contributed by atoms with E-state index in [1.54, 1.807) is 6.20 Å². The summed E-state index contributed by atoms with van der Waals surface area (Å²) in [4.78, 5) is 26.2. The predicted molar refractivity (Wildman–Crippen MR) is 112 cm³/mol. The zero-order valence-electron chi connectivity index (χ0n) is 17.5. The van der Waals surface area contributed by atoms with E-state index in [9.17, 15) is 14.0 Å². The number of amides is 1. The highest BCUT2D eigenvalue weighted by atomic mass is 19.1. The monoisotopic (exact) mass is 396 g/mol. The molecule has 2 fully saturated rings. The van der Waals surface area contributed by atoms with E-state index >= 15 is 0 Å². The summed E-state index contributed by atoms with van der Waals surface area (Å²) < 4.78 is 16.1. The number of pyridine rings is 1. The van der Waals surface area contributed by atoms with Crippen LogP contribution in [0, 0.1) is 22.6 Å². The van der Waals surface area contributed by atoms with Gasteiger partial charge in [-0.25, -0.2) is 4.39 Å². The third kappa shape index (κ3) is 2.55. The number of rotatable bonds is 3.